The molecule has 0 aromatic heterocycles. The Bertz CT molecular complexity index is 196. The van der Waals surface area contributed by atoms with Gasteiger partial charge in [0.1, 0.15) is 0 Å². The second-order valence-corrected chi connectivity index (χ2v) is 2.33. The van der Waals surface area contributed by atoms with Gasteiger partial charge in [0.25, 0.3) is 0 Å². The summed E-state index contributed by atoms with van der Waals surface area (Å²) >= 11 is 0. The molecule has 0 aromatic carbocycles. The maximum absolute atomic E-state index is 10.3. The van der Waals surface area contributed by atoms with E-state index in [-0.39, 0.29) is 6.54 Å². The third-order valence-corrected chi connectivity index (χ3v) is 1.29. The Hall–Kier alpha value is -1.34. The minimum Gasteiger partial charge on any atom is -0.480 e. The lowest BCUT2D eigenvalue weighted by atomic mass is 10.4. The van der Waals surface area contributed by atoms with E-state index in [0.717, 1.165) is 0 Å². The van der Waals surface area contributed by atoms with Gasteiger partial charge >= 0.3 is 5.97 Å². The van der Waals surface area contributed by atoms with Crippen molar-refractivity contribution in [3.8, 4) is 6.07 Å². The van der Waals surface area contributed by atoms with Crippen molar-refractivity contribution in [2.75, 3.05) is 19.6 Å². The Morgan fingerprint density at radius 1 is 1.75 bits per heavy atom. The molecule has 0 heterocycles. The van der Waals surface area contributed by atoms with Gasteiger partial charge in [-0.2, -0.15) is 5.26 Å². The molecule has 0 radical (unpaired) electrons. The number of carboxylic acid groups (broad SMARTS) is 1. The summed E-state index contributed by atoms with van der Waals surface area (Å²) in [6.07, 6.45) is 1.97. The standard InChI is InChI=1S/C8H12N2O2/c1-2-5-10(6-3-4-9)7-8(11)12/h2H,1,3,5-7H2,(H,11,12). The Kier molecular flexibility index (Phi) is 5.66. The summed E-state index contributed by atoms with van der Waals surface area (Å²) in [5.41, 5.74) is 0. The van der Waals surface area contributed by atoms with E-state index in [1.165, 1.54) is 0 Å². The molecular weight excluding hydrogens is 156 g/mol. The molecule has 66 valence electrons. The van der Waals surface area contributed by atoms with Gasteiger partial charge < -0.3 is 5.11 Å². The molecule has 1 N–H and O–H groups in total. The van der Waals surface area contributed by atoms with Crippen LogP contribution in [-0.2, 0) is 4.79 Å². The minimum absolute atomic E-state index is 0.0340. The zero-order valence-corrected chi connectivity index (χ0v) is 6.86. The first kappa shape index (κ1) is 10.7. The highest BCUT2D eigenvalue weighted by Gasteiger charge is 2.06. The smallest absolute Gasteiger partial charge is 0.317 e. The van der Waals surface area contributed by atoms with Crippen LogP contribution in [0.5, 0.6) is 0 Å². The van der Waals surface area contributed by atoms with Gasteiger partial charge in [0.2, 0.25) is 0 Å². The highest BCUT2D eigenvalue weighted by molar-refractivity contribution is 5.69. The van der Waals surface area contributed by atoms with Crippen LogP contribution < -0.4 is 0 Å². The number of rotatable bonds is 6. The first-order chi connectivity index (χ1) is 5.70. The van der Waals surface area contributed by atoms with Crippen molar-refractivity contribution in [3.05, 3.63) is 12.7 Å². The first-order valence-electron chi connectivity index (χ1n) is 3.62. The average molecular weight is 168 g/mol. The highest BCUT2D eigenvalue weighted by atomic mass is 16.4. The number of carbonyl (C=O) groups is 1. The van der Waals surface area contributed by atoms with Crippen molar-refractivity contribution in [2.24, 2.45) is 0 Å². The van der Waals surface area contributed by atoms with Crippen LogP contribution in [0.2, 0.25) is 0 Å². The third kappa shape index (κ3) is 5.45. The molecular formula is C8H12N2O2. The van der Waals surface area contributed by atoms with Crippen LogP contribution in [0.25, 0.3) is 0 Å². The van der Waals surface area contributed by atoms with E-state index in [1.807, 2.05) is 6.07 Å². The van der Waals surface area contributed by atoms with Crippen molar-refractivity contribution in [3.63, 3.8) is 0 Å². The third-order valence-electron chi connectivity index (χ3n) is 1.29. The average Bonchev–Trinajstić information content (AvgIpc) is 2.00. The second kappa shape index (κ2) is 6.38. The van der Waals surface area contributed by atoms with E-state index < -0.39 is 5.97 Å². The number of aliphatic carboxylic acids is 1. The molecule has 0 atom stereocenters. The second-order valence-electron chi connectivity index (χ2n) is 2.33. The first-order valence-corrected chi connectivity index (χ1v) is 3.62. The van der Waals surface area contributed by atoms with Crippen LogP contribution in [0, 0.1) is 11.3 Å². The van der Waals surface area contributed by atoms with Crippen LogP contribution in [-0.4, -0.2) is 35.6 Å². The number of hydrogen-bond acceptors (Lipinski definition) is 3. The molecule has 4 nitrogen and oxygen atoms in total. The molecule has 0 aliphatic rings. The summed E-state index contributed by atoms with van der Waals surface area (Å²) in [6.45, 7) is 4.45. The minimum atomic E-state index is -0.880. The summed E-state index contributed by atoms with van der Waals surface area (Å²) < 4.78 is 0. The monoisotopic (exact) mass is 168 g/mol. The van der Waals surface area contributed by atoms with Crippen LogP contribution in [0.4, 0.5) is 0 Å². The van der Waals surface area contributed by atoms with Crippen molar-refractivity contribution in [2.45, 2.75) is 6.42 Å². The largest absolute Gasteiger partial charge is 0.480 e. The number of hydrogen-bond donors (Lipinski definition) is 1. The fraction of sp³-hybridized carbons (Fsp3) is 0.500. The van der Waals surface area contributed by atoms with Crippen LogP contribution in [0.15, 0.2) is 12.7 Å². The molecule has 0 aliphatic carbocycles. The maximum Gasteiger partial charge on any atom is 0.317 e. The normalized spacial score (nSPS) is 9.33. The van der Waals surface area contributed by atoms with Gasteiger partial charge in [0.15, 0.2) is 0 Å². The molecule has 0 amide bonds. The lowest BCUT2D eigenvalue weighted by Crippen LogP contribution is -2.30. The SMILES string of the molecule is C=CCN(CCC#N)CC(=O)O. The number of nitriles is 1. The number of carboxylic acids is 1. The van der Waals surface area contributed by atoms with Crippen molar-refractivity contribution in [1.82, 2.24) is 4.90 Å². The Labute approximate surface area is 71.7 Å². The van der Waals surface area contributed by atoms with Crippen molar-refractivity contribution in [1.29, 1.82) is 5.26 Å². The highest BCUT2D eigenvalue weighted by Crippen LogP contribution is 1.90. The molecule has 0 bridgehead atoms. The van der Waals surface area contributed by atoms with Crippen molar-refractivity contribution >= 4 is 5.97 Å². The zero-order valence-electron chi connectivity index (χ0n) is 6.86. The quantitative estimate of drug-likeness (QED) is 0.585. The van der Waals surface area contributed by atoms with Crippen LogP contribution in [0.1, 0.15) is 6.42 Å². The summed E-state index contributed by atoms with van der Waals surface area (Å²) in [5.74, 6) is -0.880. The molecule has 0 fully saturated rings. The Morgan fingerprint density at radius 2 is 2.42 bits per heavy atom. The van der Waals surface area contributed by atoms with E-state index in [0.29, 0.717) is 19.5 Å². The lowest BCUT2D eigenvalue weighted by Gasteiger charge is -2.15. The van der Waals surface area contributed by atoms with Gasteiger partial charge in [0, 0.05) is 19.5 Å². The van der Waals surface area contributed by atoms with Gasteiger partial charge in [-0.05, 0) is 0 Å². The summed E-state index contributed by atoms with van der Waals surface area (Å²) in [7, 11) is 0. The van der Waals surface area contributed by atoms with Crippen molar-refractivity contribution < 1.29 is 9.90 Å². The van der Waals surface area contributed by atoms with E-state index in [2.05, 4.69) is 6.58 Å². The van der Waals surface area contributed by atoms with Gasteiger partial charge in [0.05, 0.1) is 12.6 Å². The number of nitrogens with zero attached hydrogens (tertiary/aromatic N) is 2. The summed E-state index contributed by atoms with van der Waals surface area (Å²) in [5, 5.41) is 16.7. The van der Waals surface area contributed by atoms with Gasteiger partial charge in [-0.1, -0.05) is 6.08 Å². The molecule has 0 aromatic rings. The molecule has 0 saturated heterocycles. The molecule has 4 heteroatoms. The van der Waals surface area contributed by atoms with Crippen LogP contribution in [0.3, 0.4) is 0 Å². The van der Waals surface area contributed by atoms with E-state index in [1.54, 1.807) is 11.0 Å². The Morgan fingerprint density at radius 3 is 2.83 bits per heavy atom. The predicted molar refractivity (Wildman–Crippen MR) is 44.5 cm³/mol. The molecule has 0 aliphatic heterocycles. The predicted octanol–water partition coefficient (Wildman–Crippen LogP) is 0.473. The van der Waals surface area contributed by atoms with E-state index in [9.17, 15) is 4.79 Å². The molecule has 12 heavy (non-hydrogen) atoms. The maximum atomic E-state index is 10.3. The molecule has 0 rings (SSSR count). The van der Waals surface area contributed by atoms with E-state index >= 15 is 0 Å². The molecule has 0 saturated carbocycles. The topological polar surface area (TPSA) is 64.3 Å². The van der Waals surface area contributed by atoms with Gasteiger partial charge in [-0.15, -0.1) is 6.58 Å². The molecule has 0 spiro atoms. The lowest BCUT2D eigenvalue weighted by molar-refractivity contribution is -0.138. The van der Waals surface area contributed by atoms with Gasteiger partial charge in [-0.25, -0.2) is 0 Å². The fourth-order valence-corrected chi connectivity index (χ4v) is 0.817. The summed E-state index contributed by atoms with van der Waals surface area (Å²) in [6, 6.07) is 1.96. The van der Waals surface area contributed by atoms with E-state index in [4.69, 9.17) is 10.4 Å². The zero-order chi connectivity index (χ0) is 9.40. The Balaban J connectivity index is 3.78. The fourth-order valence-electron chi connectivity index (χ4n) is 0.817. The van der Waals surface area contributed by atoms with Crippen LogP contribution >= 0.6 is 0 Å². The summed E-state index contributed by atoms with van der Waals surface area (Å²) in [4.78, 5) is 11.9. The molecule has 0 unspecified atom stereocenters. The van der Waals surface area contributed by atoms with Gasteiger partial charge in [-0.3, -0.25) is 9.69 Å².